The molecule has 0 aliphatic carbocycles. The Hall–Kier alpha value is -1.63. The van der Waals surface area contributed by atoms with Crippen LogP contribution in [0.5, 0.6) is 0 Å². The predicted octanol–water partition coefficient (Wildman–Crippen LogP) is 6.17. The average Bonchev–Trinajstić information content (AvgIpc) is 2.55. The van der Waals surface area contributed by atoms with Gasteiger partial charge in [-0.05, 0) is 43.2 Å². The third-order valence-corrected chi connectivity index (χ3v) is 5.54. The van der Waals surface area contributed by atoms with Crippen molar-refractivity contribution in [3.8, 4) is 0 Å². The highest BCUT2D eigenvalue weighted by Gasteiger charge is 2.36. The maximum atomic E-state index is 4.98. The van der Waals surface area contributed by atoms with Crippen LogP contribution in [0.1, 0.15) is 65.0 Å². The summed E-state index contributed by atoms with van der Waals surface area (Å²) in [5, 5.41) is 0. The molecule has 1 heterocycles. The summed E-state index contributed by atoms with van der Waals surface area (Å²) in [5.74, 6) is 1.64. The van der Waals surface area contributed by atoms with Crippen molar-refractivity contribution in [2.45, 2.75) is 59.4 Å². The van der Waals surface area contributed by atoms with Crippen LogP contribution in [0.25, 0.3) is 0 Å². The summed E-state index contributed by atoms with van der Waals surface area (Å²) in [4.78, 5) is 4.98. The van der Waals surface area contributed by atoms with E-state index in [1.165, 1.54) is 16.7 Å². The predicted molar refractivity (Wildman–Crippen MR) is 102 cm³/mol. The van der Waals surface area contributed by atoms with Crippen LogP contribution < -0.4 is 0 Å². The van der Waals surface area contributed by atoms with E-state index in [0.29, 0.717) is 17.8 Å². The average molecular weight is 309 g/mol. The second kappa shape index (κ2) is 7.29. The topological polar surface area (TPSA) is 12.4 Å². The smallest absolute Gasteiger partial charge is 0.0683 e. The highest BCUT2D eigenvalue weighted by molar-refractivity contribution is 5.84. The van der Waals surface area contributed by atoms with Gasteiger partial charge in [-0.25, -0.2) is 0 Å². The number of benzene rings is 1. The fraction of sp³-hybridized carbons (Fsp3) is 0.500. The molecule has 0 saturated heterocycles. The van der Waals surface area contributed by atoms with E-state index in [4.69, 9.17) is 4.99 Å². The molecule has 2 rings (SSSR count). The van der Waals surface area contributed by atoms with Gasteiger partial charge in [0.2, 0.25) is 0 Å². The summed E-state index contributed by atoms with van der Waals surface area (Å²) in [6, 6.07) is 8.66. The van der Waals surface area contributed by atoms with Gasteiger partial charge < -0.3 is 0 Å². The molecule has 1 nitrogen and oxygen atoms in total. The van der Waals surface area contributed by atoms with Gasteiger partial charge in [0.05, 0.1) is 5.54 Å². The van der Waals surface area contributed by atoms with Gasteiger partial charge in [-0.15, -0.1) is 0 Å². The van der Waals surface area contributed by atoms with Crippen LogP contribution in [0.3, 0.4) is 0 Å². The maximum absolute atomic E-state index is 4.98. The van der Waals surface area contributed by atoms with Crippen LogP contribution in [0.4, 0.5) is 0 Å². The minimum Gasteiger partial charge on any atom is -0.285 e. The van der Waals surface area contributed by atoms with Crippen molar-refractivity contribution in [2.24, 2.45) is 16.8 Å². The Kier molecular flexibility index (Phi) is 5.62. The van der Waals surface area contributed by atoms with E-state index in [1.807, 2.05) is 0 Å². The molecule has 124 valence electrons. The maximum Gasteiger partial charge on any atom is 0.0683 e. The number of nitrogens with zero attached hydrogens (tertiary/aromatic N) is 1. The molecule has 3 atom stereocenters. The fourth-order valence-corrected chi connectivity index (χ4v) is 3.32. The van der Waals surface area contributed by atoms with Crippen LogP contribution in [0.2, 0.25) is 0 Å². The molecule has 1 heteroatoms. The molecular weight excluding hydrogens is 278 g/mol. The zero-order valence-electron chi connectivity index (χ0n) is 15.5. The molecule has 0 aromatic heterocycles. The van der Waals surface area contributed by atoms with Crippen molar-refractivity contribution in [1.29, 1.82) is 0 Å². The lowest BCUT2D eigenvalue weighted by Gasteiger charge is -2.38. The van der Waals surface area contributed by atoms with Crippen LogP contribution in [-0.2, 0) is 0 Å². The molecule has 1 aromatic rings. The van der Waals surface area contributed by atoms with Crippen molar-refractivity contribution in [2.75, 3.05) is 0 Å². The van der Waals surface area contributed by atoms with Crippen molar-refractivity contribution in [1.82, 2.24) is 0 Å². The molecule has 0 spiro atoms. The Morgan fingerprint density at radius 2 is 1.96 bits per heavy atom. The summed E-state index contributed by atoms with van der Waals surface area (Å²) < 4.78 is 0. The Bertz CT molecular complexity index is 621. The first-order valence-corrected chi connectivity index (χ1v) is 8.85. The van der Waals surface area contributed by atoms with Crippen LogP contribution in [-0.4, -0.2) is 11.8 Å². The minimum atomic E-state index is -0.0646. The minimum absolute atomic E-state index is 0.0646. The quantitative estimate of drug-likeness (QED) is 0.577. The molecule has 0 radical (unpaired) electrons. The second-order valence-electron chi connectivity index (χ2n) is 7.44. The van der Waals surface area contributed by atoms with Gasteiger partial charge in [0.25, 0.3) is 0 Å². The first kappa shape index (κ1) is 17.7. The van der Waals surface area contributed by atoms with Crippen molar-refractivity contribution >= 4 is 6.21 Å². The third-order valence-electron chi connectivity index (χ3n) is 5.54. The number of aliphatic imine (C=N–C) groups is 1. The molecule has 1 aliphatic heterocycles. The van der Waals surface area contributed by atoms with Gasteiger partial charge in [-0.1, -0.05) is 75.8 Å². The lowest BCUT2D eigenvalue weighted by molar-refractivity contribution is 0.360. The zero-order valence-corrected chi connectivity index (χ0v) is 15.5. The molecule has 0 saturated carbocycles. The molecule has 0 amide bonds. The molecule has 1 aromatic carbocycles. The number of hydrogen-bond donors (Lipinski definition) is 0. The highest BCUT2D eigenvalue weighted by atomic mass is 14.9. The lowest BCUT2D eigenvalue weighted by Crippen LogP contribution is -2.34. The second-order valence-corrected chi connectivity index (χ2v) is 7.44. The van der Waals surface area contributed by atoms with Gasteiger partial charge in [0, 0.05) is 12.1 Å². The Balaban J connectivity index is 2.33. The lowest BCUT2D eigenvalue weighted by atomic mass is 9.72. The normalized spacial score (nSPS) is 25.9. The summed E-state index contributed by atoms with van der Waals surface area (Å²) in [6.07, 6.45) is 9.67. The monoisotopic (exact) mass is 309 g/mol. The van der Waals surface area contributed by atoms with Crippen LogP contribution >= 0.6 is 0 Å². The molecule has 0 bridgehead atoms. The number of rotatable bonds is 5. The molecule has 0 fully saturated rings. The zero-order chi connectivity index (χ0) is 17.0. The van der Waals surface area contributed by atoms with E-state index in [0.717, 1.165) is 6.42 Å². The standard InChI is InChI=1S/C22H31N/c1-7-8-11-19(17(4)16(2)3)14-22(6)18(5)21-13-10-9-12-20(21)15-23-22/h7-13,15-18H,14H2,1-6H3/b8-7-,19-11-. The molecule has 3 unspecified atom stereocenters. The van der Waals surface area contributed by atoms with E-state index >= 15 is 0 Å². The molecule has 23 heavy (non-hydrogen) atoms. The summed E-state index contributed by atoms with van der Waals surface area (Å²) >= 11 is 0. The number of fused-ring (bicyclic) bond motifs is 1. The molecular formula is C22H31N. The Morgan fingerprint density at radius 3 is 2.61 bits per heavy atom. The van der Waals surface area contributed by atoms with Gasteiger partial charge >= 0.3 is 0 Å². The van der Waals surface area contributed by atoms with E-state index in [1.54, 1.807) is 0 Å². The SMILES string of the molecule is C/C=C\C=C(\CC1(C)N=Cc2ccccc2C1C)C(C)C(C)C. The molecule has 1 aliphatic rings. The largest absolute Gasteiger partial charge is 0.285 e. The van der Waals surface area contributed by atoms with Crippen LogP contribution in [0.15, 0.2) is 53.1 Å². The van der Waals surface area contributed by atoms with Crippen molar-refractivity contribution in [3.63, 3.8) is 0 Å². The number of hydrogen-bond acceptors (Lipinski definition) is 1. The van der Waals surface area contributed by atoms with Crippen molar-refractivity contribution < 1.29 is 0 Å². The summed E-state index contributed by atoms with van der Waals surface area (Å²) in [5.41, 5.74) is 4.13. The van der Waals surface area contributed by atoms with Gasteiger partial charge in [0.15, 0.2) is 0 Å². The number of allylic oxidation sites excluding steroid dienone is 3. The van der Waals surface area contributed by atoms with Gasteiger partial charge in [0.1, 0.15) is 0 Å². The third kappa shape index (κ3) is 3.83. The van der Waals surface area contributed by atoms with E-state index in [9.17, 15) is 0 Å². The highest BCUT2D eigenvalue weighted by Crippen LogP contribution is 2.42. The van der Waals surface area contributed by atoms with E-state index in [-0.39, 0.29) is 5.54 Å². The van der Waals surface area contributed by atoms with Gasteiger partial charge in [-0.3, -0.25) is 4.99 Å². The summed E-state index contributed by atoms with van der Waals surface area (Å²) in [7, 11) is 0. The first-order valence-electron chi connectivity index (χ1n) is 8.85. The molecule has 0 N–H and O–H groups in total. The van der Waals surface area contributed by atoms with Crippen molar-refractivity contribution in [3.05, 3.63) is 59.2 Å². The van der Waals surface area contributed by atoms with Crippen LogP contribution in [0, 0.1) is 11.8 Å². The Morgan fingerprint density at radius 1 is 1.26 bits per heavy atom. The fourth-order valence-electron chi connectivity index (χ4n) is 3.32. The van der Waals surface area contributed by atoms with E-state index < -0.39 is 0 Å². The van der Waals surface area contributed by atoms with E-state index in [2.05, 4.69) is 90.3 Å². The Labute approximate surface area is 142 Å². The summed E-state index contributed by atoms with van der Waals surface area (Å²) in [6.45, 7) is 13.7. The van der Waals surface area contributed by atoms with Gasteiger partial charge in [-0.2, -0.15) is 0 Å². The first-order chi connectivity index (χ1) is 10.9.